The maximum atomic E-state index is 17.0. The van der Waals surface area contributed by atoms with Gasteiger partial charge in [0.25, 0.3) is 5.91 Å². The van der Waals surface area contributed by atoms with Gasteiger partial charge in [-0.15, -0.1) is 0 Å². The lowest BCUT2D eigenvalue weighted by atomic mass is 9.68. The first-order valence-corrected chi connectivity index (χ1v) is 15.3. The van der Waals surface area contributed by atoms with Gasteiger partial charge in [-0.1, -0.05) is 30.3 Å². The topological polar surface area (TPSA) is 85.6 Å². The van der Waals surface area contributed by atoms with Crippen molar-refractivity contribution in [3.8, 4) is 12.1 Å². The fraction of sp³-hybridized carbons (Fsp3) is 0.562. The Morgan fingerprint density at radius 3 is 2.63 bits per heavy atom. The zero-order valence-corrected chi connectivity index (χ0v) is 25.6. The smallest absolute Gasteiger partial charge is 0.318 e. The van der Waals surface area contributed by atoms with Crippen molar-refractivity contribution < 1.29 is 18.3 Å². The van der Waals surface area contributed by atoms with Crippen LogP contribution >= 0.6 is 11.6 Å². The second-order valence-electron chi connectivity index (χ2n) is 12.9. The highest BCUT2D eigenvalue weighted by atomic mass is 35.5. The third kappa shape index (κ3) is 4.95. The largest absolute Gasteiger partial charge is 0.462 e. The van der Waals surface area contributed by atoms with E-state index < -0.39 is 29.4 Å². The number of hydrogen-bond acceptors (Lipinski definition) is 7. The molecule has 1 spiro atoms. The minimum Gasteiger partial charge on any atom is -0.462 e. The number of anilines is 1. The molecule has 0 N–H and O–H groups in total. The minimum atomic E-state index is -1.39. The predicted octanol–water partition coefficient (Wildman–Crippen LogP) is 5.25. The number of fused-ring (bicyclic) bond motifs is 3. The van der Waals surface area contributed by atoms with Crippen LogP contribution in [0.3, 0.4) is 0 Å². The van der Waals surface area contributed by atoms with Crippen LogP contribution < -0.4 is 9.64 Å². The van der Waals surface area contributed by atoms with Crippen molar-refractivity contribution in [2.24, 2.45) is 0 Å². The summed E-state index contributed by atoms with van der Waals surface area (Å²) in [4.78, 5) is 27.6. The monoisotopic (exact) mass is 610 g/mol. The molecule has 2 aromatic rings. The summed E-state index contributed by atoms with van der Waals surface area (Å²) in [7, 11) is 2.06. The first-order chi connectivity index (χ1) is 20.5. The van der Waals surface area contributed by atoms with E-state index in [0.29, 0.717) is 60.9 Å². The maximum absolute atomic E-state index is 17.0. The van der Waals surface area contributed by atoms with Crippen LogP contribution in [-0.4, -0.2) is 76.6 Å². The van der Waals surface area contributed by atoms with Crippen LogP contribution in [0.4, 0.5) is 14.6 Å². The molecule has 2 fully saturated rings. The lowest BCUT2D eigenvalue weighted by Crippen LogP contribution is -2.62. The second-order valence-corrected chi connectivity index (χ2v) is 13.3. The van der Waals surface area contributed by atoms with Crippen LogP contribution in [0.5, 0.6) is 6.01 Å². The van der Waals surface area contributed by atoms with Crippen molar-refractivity contribution >= 4 is 23.3 Å². The first kappa shape index (κ1) is 29.8. The SMILES string of the molecule is C=C(F)C(=O)N1CCN(c2nc(OCC3CC(C)(C)N3C)nc3c2CC[C@@]2(CCc4c(Cl)cccc42)[C@H]3F)C[C@@H]1CC#N. The van der Waals surface area contributed by atoms with Crippen molar-refractivity contribution in [1.82, 2.24) is 19.8 Å². The number of hydrogen-bond donors (Lipinski definition) is 0. The number of ether oxygens (including phenoxy) is 1. The van der Waals surface area contributed by atoms with Gasteiger partial charge in [0.05, 0.1) is 24.2 Å². The van der Waals surface area contributed by atoms with Crippen LogP contribution in [-0.2, 0) is 23.1 Å². The molecule has 3 heterocycles. The summed E-state index contributed by atoms with van der Waals surface area (Å²) in [5, 5.41) is 10.1. The molecule has 6 rings (SSSR count). The molecule has 43 heavy (non-hydrogen) atoms. The van der Waals surface area contributed by atoms with Gasteiger partial charge in [-0.3, -0.25) is 9.69 Å². The average molecular weight is 611 g/mol. The van der Waals surface area contributed by atoms with Gasteiger partial charge in [-0.05, 0) is 70.2 Å². The predicted molar refractivity (Wildman–Crippen MR) is 160 cm³/mol. The summed E-state index contributed by atoms with van der Waals surface area (Å²) in [6, 6.07) is 7.58. The Morgan fingerprint density at radius 2 is 1.95 bits per heavy atom. The standard InChI is InChI=1S/C32H37ClF2N6O2/c1-19(34)29(42)41-15-14-40(17-20(41)10-13-36)28-23-9-12-32(11-8-22-24(32)6-5-7-25(22)33)27(35)26(23)37-30(38-28)43-18-21-16-31(2,3)39(21)4/h5-7,20-21,27H,1,8-12,14-18H2,2-4H3/t20-,21?,27-,32+/m0/s1. The fourth-order valence-corrected chi connectivity index (χ4v) is 7.87. The fourth-order valence-electron chi connectivity index (χ4n) is 7.60. The minimum absolute atomic E-state index is 0.0162. The van der Waals surface area contributed by atoms with Crippen molar-refractivity contribution in [2.75, 3.05) is 38.2 Å². The summed E-state index contributed by atoms with van der Waals surface area (Å²) in [6.45, 7) is 8.64. The molecule has 4 aliphatic rings. The Bertz CT molecular complexity index is 1510. The number of benzene rings is 1. The number of likely N-dealkylation sites (tertiary alicyclic amines) is 1. The lowest BCUT2D eigenvalue weighted by molar-refractivity contribution is -0.131. The Morgan fingerprint density at radius 1 is 1.21 bits per heavy atom. The molecule has 0 radical (unpaired) electrons. The molecule has 0 saturated carbocycles. The molecule has 1 unspecified atom stereocenters. The van der Waals surface area contributed by atoms with Crippen molar-refractivity contribution in [3.63, 3.8) is 0 Å². The summed E-state index contributed by atoms with van der Waals surface area (Å²) < 4.78 is 37.0. The number of likely N-dealkylation sites (N-methyl/N-ethyl adjacent to an activating group) is 1. The molecular formula is C32H37ClF2N6O2. The number of carbonyl (C=O) groups excluding carboxylic acids is 1. The molecule has 1 aromatic heterocycles. The first-order valence-electron chi connectivity index (χ1n) is 14.9. The highest BCUT2D eigenvalue weighted by molar-refractivity contribution is 6.31. The molecule has 0 bridgehead atoms. The molecular weight excluding hydrogens is 574 g/mol. The Kier molecular flexibility index (Phi) is 7.62. The number of nitrogens with zero attached hydrogens (tertiary/aromatic N) is 6. The summed E-state index contributed by atoms with van der Waals surface area (Å²) >= 11 is 6.53. The molecule has 228 valence electrons. The maximum Gasteiger partial charge on any atom is 0.318 e. The van der Waals surface area contributed by atoms with E-state index in [1.54, 1.807) is 0 Å². The number of alkyl halides is 1. The molecule has 11 heteroatoms. The van der Waals surface area contributed by atoms with Gasteiger partial charge >= 0.3 is 6.01 Å². The van der Waals surface area contributed by atoms with Crippen LogP contribution in [0.2, 0.25) is 5.02 Å². The number of nitriles is 1. The second kappa shape index (κ2) is 11.0. The summed E-state index contributed by atoms with van der Waals surface area (Å²) in [5.74, 6) is -1.32. The molecule has 4 atom stereocenters. The van der Waals surface area contributed by atoms with Crippen LogP contribution in [0, 0.1) is 11.3 Å². The van der Waals surface area contributed by atoms with Crippen molar-refractivity contribution in [3.05, 3.63) is 58.0 Å². The average Bonchev–Trinajstić information content (AvgIpc) is 3.37. The third-order valence-electron chi connectivity index (χ3n) is 10.3. The van der Waals surface area contributed by atoms with Gasteiger partial charge in [0.15, 0.2) is 12.0 Å². The third-order valence-corrected chi connectivity index (χ3v) is 10.6. The van der Waals surface area contributed by atoms with Gasteiger partial charge in [-0.2, -0.15) is 15.2 Å². The van der Waals surface area contributed by atoms with E-state index in [2.05, 4.69) is 38.4 Å². The zero-order valence-electron chi connectivity index (χ0n) is 24.9. The number of carbonyl (C=O) groups is 1. The molecule has 2 aliphatic heterocycles. The molecule has 2 saturated heterocycles. The van der Waals surface area contributed by atoms with E-state index in [0.717, 1.165) is 17.5 Å². The number of piperazine rings is 1. The number of aromatic nitrogens is 2. The van der Waals surface area contributed by atoms with Gasteiger partial charge in [0.2, 0.25) is 0 Å². The van der Waals surface area contributed by atoms with E-state index in [1.807, 2.05) is 23.1 Å². The molecule has 1 aromatic carbocycles. The van der Waals surface area contributed by atoms with E-state index in [4.69, 9.17) is 26.3 Å². The van der Waals surface area contributed by atoms with Crippen LogP contribution in [0.25, 0.3) is 0 Å². The van der Waals surface area contributed by atoms with Crippen LogP contribution in [0.15, 0.2) is 30.6 Å². The highest BCUT2D eigenvalue weighted by Crippen LogP contribution is 2.56. The number of halogens is 3. The van der Waals surface area contributed by atoms with E-state index >= 15 is 4.39 Å². The zero-order chi connectivity index (χ0) is 30.7. The molecule has 2 aliphatic carbocycles. The number of amides is 1. The van der Waals surface area contributed by atoms with E-state index in [9.17, 15) is 14.4 Å². The summed E-state index contributed by atoms with van der Waals surface area (Å²) in [6.07, 6.45) is 2.07. The Balaban J connectivity index is 1.36. The van der Waals surface area contributed by atoms with Crippen LogP contribution in [0.1, 0.15) is 68.1 Å². The summed E-state index contributed by atoms with van der Waals surface area (Å²) in [5.41, 5.74) is 2.35. The molecule has 8 nitrogen and oxygen atoms in total. The lowest BCUT2D eigenvalue weighted by Gasteiger charge is -2.52. The van der Waals surface area contributed by atoms with Gasteiger partial charge in [0.1, 0.15) is 12.4 Å². The van der Waals surface area contributed by atoms with Crippen molar-refractivity contribution in [1.29, 1.82) is 5.26 Å². The van der Waals surface area contributed by atoms with Crippen molar-refractivity contribution in [2.45, 2.75) is 81.6 Å². The number of rotatable bonds is 6. The normalized spacial score (nSPS) is 27.7. The molecule has 1 amide bonds. The van der Waals surface area contributed by atoms with Gasteiger partial charge < -0.3 is 14.5 Å². The van der Waals surface area contributed by atoms with Gasteiger partial charge in [0, 0.05) is 47.2 Å². The van der Waals surface area contributed by atoms with Gasteiger partial charge in [-0.25, -0.2) is 8.78 Å². The highest BCUT2D eigenvalue weighted by Gasteiger charge is 2.51. The Labute approximate surface area is 256 Å². The Hall–Kier alpha value is -3.29. The van der Waals surface area contributed by atoms with E-state index in [1.165, 1.54) is 4.90 Å². The van der Waals surface area contributed by atoms with E-state index in [-0.39, 0.29) is 37.1 Å². The quantitative estimate of drug-likeness (QED) is 0.413.